The van der Waals surface area contributed by atoms with Crippen LogP contribution in [0.15, 0.2) is 42.7 Å². The van der Waals surface area contributed by atoms with E-state index in [9.17, 15) is 4.79 Å². The molecule has 25 heavy (non-hydrogen) atoms. The molecule has 0 aliphatic carbocycles. The predicted octanol–water partition coefficient (Wildman–Crippen LogP) is 0.891. The van der Waals surface area contributed by atoms with E-state index in [1.807, 2.05) is 28.8 Å². The smallest absolute Gasteiger partial charge is 0.255 e. The number of aromatic nitrogens is 4. The van der Waals surface area contributed by atoms with Crippen LogP contribution in [0.4, 0.5) is 5.82 Å². The van der Waals surface area contributed by atoms with Crippen molar-refractivity contribution in [3.8, 4) is 0 Å². The zero-order chi connectivity index (χ0) is 17.1. The molecule has 1 N–H and O–H groups in total. The molecule has 0 atom stereocenters. The maximum Gasteiger partial charge on any atom is 0.255 e. The molecule has 0 spiro atoms. The molecule has 1 fully saturated rings. The van der Waals surface area contributed by atoms with E-state index in [2.05, 4.69) is 25.4 Å². The first-order valence-electron chi connectivity index (χ1n) is 8.17. The molecule has 8 heteroatoms. The van der Waals surface area contributed by atoms with Crippen LogP contribution >= 0.6 is 0 Å². The van der Waals surface area contributed by atoms with E-state index in [-0.39, 0.29) is 5.91 Å². The van der Waals surface area contributed by atoms with Crippen LogP contribution in [0.2, 0.25) is 0 Å². The van der Waals surface area contributed by atoms with Crippen LogP contribution in [-0.4, -0.2) is 51.8 Å². The lowest BCUT2D eigenvalue weighted by Gasteiger charge is -2.29. The van der Waals surface area contributed by atoms with Crippen LogP contribution < -0.4 is 10.2 Å². The molecule has 1 saturated heterocycles. The van der Waals surface area contributed by atoms with Gasteiger partial charge in [0.15, 0.2) is 11.5 Å². The van der Waals surface area contributed by atoms with Crippen LogP contribution in [0.25, 0.3) is 5.65 Å². The second kappa shape index (κ2) is 6.86. The zero-order valence-electron chi connectivity index (χ0n) is 13.6. The van der Waals surface area contributed by atoms with Gasteiger partial charge in [-0.15, -0.1) is 10.2 Å². The third kappa shape index (κ3) is 3.16. The standard InChI is InChI=1S/C17H18N6O2/c24-17(19-12-15-21-20-14-5-1-2-7-23(14)15)13-4-3-6-18-16(13)22-8-10-25-11-9-22/h1-7H,8-12H2,(H,19,24). The van der Waals surface area contributed by atoms with Gasteiger partial charge in [0.2, 0.25) is 0 Å². The lowest BCUT2D eigenvalue weighted by atomic mass is 10.2. The van der Waals surface area contributed by atoms with Crippen LogP contribution in [-0.2, 0) is 11.3 Å². The van der Waals surface area contributed by atoms with E-state index < -0.39 is 0 Å². The lowest BCUT2D eigenvalue weighted by molar-refractivity contribution is 0.0948. The quantitative estimate of drug-likeness (QED) is 0.760. The van der Waals surface area contributed by atoms with Gasteiger partial charge >= 0.3 is 0 Å². The molecule has 0 aromatic carbocycles. The first-order chi connectivity index (χ1) is 12.3. The van der Waals surface area contributed by atoms with E-state index in [0.29, 0.717) is 37.0 Å². The van der Waals surface area contributed by atoms with Crippen molar-refractivity contribution in [1.29, 1.82) is 0 Å². The Morgan fingerprint density at radius 3 is 2.92 bits per heavy atom. The van der Waals surface area contributed by atoms with Gasteiger partial charge in [-0.3, -0.25) is 9.20 Å². The largest absolute Gasteiger partial charge is 0.378 e. The fraction of sp³-hybridized carbons (Fsp3) is 0.294. The van der Waals surface area contributed by atoms with E-state index in [1.165, 1.54) is 0 Å². The highest BCUT2D eigenvalue weighted by atomic mass is 16.5. The Kier molecular flexibility index (Phi) is 4.26. The lowest BCUT2D eigenvalue weighted by Crippen LogP contribution is -2.38. The molecule has 0 bridgehead atoms. The molecule has 1 amide bonds. The van der Waals surface area contributed by atoms with Gasteiger partial charge in [0.25, 0.3) is 5.91 Å². The van der Waals surface area contributed by atoms with Gasteiger partial charge in [0.1, 0.15) is 5.82 Å². The molecule has 1 aliphatic rings. The van der Waals surface area contributed by atoms with E-state index in [1.54, 1.807) is 18.3 Å². The number of morpholine rings is 1. The second-order valence-electron chi connectivity index (χ2n) is 5.70. The third-order valence-corrected chi connectivity index (χ3v) is 4.13. The van der Waals surface area contributed by atoms with Crippen LogP contribution in [0.1, 0.15) is 16.2 Å². The first kappa shape index (κ1) is 15.5. The second-order valence-corrected chi connectivity index (χ2v) is 5.70. The number of nitrogens with one attached hydrogen (secondary N) is 1. The number of fused-ring (bicyclic) bond motifs is 1. The van der Waals surface area contributed by atoms with Gasteiger partial charge in [-0.25, -0.2) is 4.98 Å². The number of nitrogens with zero attached hydrogens (tertiary/aromatic N) is 5. The minimum Gasteiger partial charge on any atom is -0.378 e. The summed E-state index contributed by atoms with van der Waals surface area (Å²) in [6, 6.07) is 9.23. The Bertz CT molecular complexity index is 887. The summed E-state index contributed by atoms with van der Waals surface area (Å²) in [6.07, 6.45) is 3.58. The number of ether oxygens (including phenoxy) is 1. The number of carbonyl (C=O) groups is 1. The molecule has 0 saturated carbocycles. The zero-order valence-corrected chi connectivity index (χ0v) is 13.6. The van der Waals surface area contributed by atoms with Gasteiger partial charge < -0.3 is 15.0 Å². The van der Waals surface area contributed by atoms with E-state index in [4.69, 9.17) is 4.74 Å². The highest BCUT2D eigenvalue weighted by molar-refractivity contribution is 5.98. The van der Waals surface area contributed by atoms with Crippen molar-refractivity contribution in [1.82, 2.24) is 24.9 Å². The summed E-state index contributed by atoms with van der Waals surface area (Å²) in [4.78, 5) is 19.1. The number of anilines is 1. The average molecular weight is 338 g/mol. The van der Waals surface area contributed by atoms with Crippen molar-refractivity contribution in [3.05, 3.63) is 54.1 Å². The molecule has 3 aromatic rings. The fourth-order valence-corrected chi connectivity index (χ4v) is 2.87. The molecular formula is C17H18N6O2. The SMILES string of the molecule is O=C(NCc1nnc2ccccn12)c1cccnc1N1CCOCC1. The molecular weight excluding hydrogens is 320 g/mol. The Balaban J connectivity index is 1.51. The third-order valence-electron chi connectivity index (χ3n) is 4.13. The normalized spacial score (nSPS) is 14.6. The molecule has 3 aromatic heterocycles. The number of hydrogen-bond donors (Lipinski definition) is 1. The molecule has 1 aliphatic heterocycles. The molecule has 0 radical (unpaired) electrons. The fourth-order valence-electron chi connectivity index (χ4n) is 2.87. The van der Waals surface area contributed by atoms with Gasteiger partial charge in [0.05, 0.1) is 25.3 Å². The summed E-state index contributed by atoms with van der Waals surface area (Å²) in [5.41, 5.74) is 1.31. The van der Waals surface area contributed by atoms with Crippen LogP contribution in [0, 0.1) is 0 Å². The summed E-state index contributed by atoms with van der Waals surface area (Å²) >= 11 is 0. The van der Waals surface area contributed by atoms with Gasteiger partial charge in [-0.05, 0) is 24.3 Å². The monoisotopic (exact) mass is 338 g/mol. The summed E-state index contributed by atoms with van der Waals surface area (Å²) in [5, 5.41) is 11.1. The highest BCUT2D eigenvalue weighted by Crippen LogP contribution is 2.18. The Labute approximate surface area is 144 Å². The van der Waals surface area contributed by atoms with Gasteiger partial charge in [0, 0.05) is 25.5 Å². The maximum absolute atomic E-state index is 12.7. The van der Waals surface area contributed by atoms with Gasteiger partial charge in [-0.1, -0.05) is 6.07 Å². The van der Waals surface area contributed by atoms with Crippen molar-refractivity contribution in [2.75, 3.05) is 31.2 Å². The van der Waals surface area contributed by atoms with Crippen molar-refractivity contribution in [2.45, 2.75) is 6.54 Å². The minimum absolute atomic E-state index is 0.178. The first-order valence-corrected chi connectivity index (χ1v) is 8.17. The number of amides is 1. The molecule has 4 rings (SSSR count). The average Bonchev–Trinajstić information content (AvgIpc) is 3.10. The molecule has 0 unspecified atom stereocenters. The van der Waals surface area contributed by atoms with E-state index in [0.717, 1.165) is 18.7 Å². The van der Waals surface area contributed by atoms with Crippen molar-refractivity contribution in [3.63, 3.8) is 0 Å². The van der Waals surface area contributed by atoms with Crippen molar-refractivity contribution in [2.24, 2.45) is 0 Å². The predicted molar refractivity (Wildman–Crippen MR) is 91.4 cm³/mol. The maximum atomic E-state index is 12.7. The number of hydrogen-bond acceptors (Lipinski definition) is 6. The summed E-state index contributed by atoms with van der Waals surface area (Å²) < 4.78 is 7.22. The molecule has 128 valence electrons. The number of pyridine rings is 2. The topological polar surface area (TPSA) is 84.7 Å². The van der Waals surface area contributed by atoms with Crippen molar-refractivity contribution < 1.29 is 9.53 Å². The Morgan fingerprint density at radius 2 is 2.04 bits per heavy atom. The van der Waals surface area contributed by atoms with E-state index >= 15 is 0 Å². The number of carbonyl (C=O) groups excluding carboxylic acids is 1. The van der Waals surface area contributed by atoms with Crippen LogP contribution in [0.5, 0.6) is 0 Å². The van der Waals surface area contributed by atoms with Crippen molar-refractivity contribution >= 4 is 17.4 Å². The summed E-state index contributed by atoms with van der Waals surface area (Å²) in [5.74, 6) is 1.19. The minimum atomic E-state index is -0.178. The Hall–Kier alpha value is -3.00. The summed E-state index contributed by atoms with van der Waals surface area (Å²) in [7, 11) is 0. The van der Waals surface area contributed by atoms with Gasteiger partial charge in [-0.2, -0.15) is 0 Å². The van der Waals surface area contributed by atoms with Crippen LogP contribution in [0.3, 0.4) is 0 Å². The molecule has 4 heterocycles. The Morgan fingerprint density at radius 1 is 1.16 bits per heavy atom. The highest BCUT2D eigenvalue weighted by Gasteiger charge is 2.20. The molecule has 8 nitrogen and oxygen atoms in total. The summed E-state index contributed by atoms with van der Waals surface area (Å²) in [6.45, 7) is 3.03. The number of rotatable bonds is 4.